The van der Waals surface area contributed by atoms with Crippen LogP contribution in [0.2, 0.25) is 0 Å². The second-order valence-electron chi connectivity index (χ2n) is 7.85. The van der Waals surface area contributed by atoms with Crippen LogP contribution in [0.3, 0.4) is 0 Å². The highest BCUT2D eigenvalue weighted by Crippen LogP contribution is 2.33. The molecule has 8 nitrogen and oxygen atoms in total. The molecule has 9 heteroatoms. The first-order valence-electron chi connectivity index (χ1n) is 10.8. The lowest BCUT2D eigenvalue weighted by Gasteiger charge is -2.06. The van der Waals surface area contributed by atoms with Crippen molar-refractivity contribution in [3.05, 3.63) is 65.7 Å². The number of rotatable bonds is 5. The predicted octanol–water partition coefficient (Wildman–Crippen LogP) is 5.64. The molecule has 6 aromatic rings. The number of anilines is 1. The number of imidazole rings is 1. The van der Waals surface area contributed by atoms with E-state index >= 15 is 0 Å². The van der Waals surface area contributed by atoms with E-state index in [4.69, 9.17) is 4.98 Å². The molecule has 1 aromatic carbocycles. The van der Waals surface area contributed by atoms with Gasteiger partial charge in [-0.15, -0.1) is 0 Å². The lowest BCUT2D eigenvalue weighted by Crippen LogP contribution is -2.09. The van der Waals surface area contributed by atoms with Gasteiger partial charge in [0.25, 0.3) is 0 Å². The molecule has 0 atom stereocenters. The van der Waals surface area contributed by atoms with E-state index in [9.17, 15) is 4.79 Å². The summed E-state index contributed by atoms with van der Waals surface area (Å²) in [6.07, 6.45) is 5.62. The largest absolute Gasteiger partial charge is 0.336 e. The van der Waals surface area contributed by atoms with Crippen LogP contribution in [-0.2, 0) is 4.79 Å². The van der Waals surface area contributed by atoms with Crippen LogP contribution in [0.1, 0.15) is 13.3 Å². The Kier molecular flexibility index (Phi) is 4.88. The Morgan fingerprint density at radius 1 is 1.03 bits per heavy atom. The molecule has 0 spiro atoms. The summed E-state index contributed by atoms with van der Waals surface area (Å²) in [5.41, 5.74) is 7.77. The van der Waals surface area contributed by atoms with Crippen molar-refractivity contribution in [2.24, 2.45) is 0 Å². The van der Waals surface area contributed by atoms with Crippen LogP contribution in [0.4, 0.5) is 5.69 Å². The fraction of sp³-hybridized carbons (Fsp3) is 0.0800. The summed E-state index contributed by atoms with van der Waals surface area (Å²) >= 11 is 1.63. The number of thiophene rings is 1. The van der Waals surface area contributed by atoms with Crippen molar-refractivity contribution >= 4 is 44.9 Å². The molecule has 0 unspecified atom stereocenters. The molecular weight excluding hydrogens is 446 g/mol. The number of nitrogens with zero attached hydrogens (tertiary/aromatic N) is 4. The van der Waals surface area contributed by atoms with Crippen molar-refractivity contribution in [1.29, 1.82) is 0 Å². The molecule has 0 aliphatic rings. The number of H-pyrrole nitrogens is 2. The van der Waals surface area contributed by atoms with Gasteiger partial charge >= 0.3 is 0 Å². The first-order valence-corrected chi connectivity index (χ1v) is 11.7. The van der Waals surface area contributed by atoms with Gasteiger partial charge in [0.1, 0.15) is 11.2 Å². The number of nitrogens with one attached hydrogen (secondary N) is 3. The number of hydrogen-bond donors (Lipinski definition) is 3. The number of carbonyl (C=O) groups is 1. The van der Waals surface area contributed by atoms with Gasteiger partial charge in [0.05, 0.1) is 28.6 Å². The molecule has 0 saturated carbocycles. The van der Waals surface area contributed by atoms with Crippen molar-refractivity contribution < 1.29 is 4.79 Å². The molecule has 0 aliphatic heterocycles. The smallest absolute Gasteiger partial charge is 0.224 e. The third-order valence-corrected chi connectivity index (χ3v) is 6.34. The first-order chi connectivity index (χ1) is 16.7. The maximum Gasteiger partial charge on any atom is 0.224 e. The summed E-state index contributed by atoms with van der Waals surface area (Å²) in [6.45, 7) is 1.82. The third-order valence-electron chi connectivity index (χ3n) is 5.66. The van der Waals surface area contributed by atoms with E-state index in [-0.39, 0.29) is 5.91 Å². The van der Waals surface area contributed by atoms with Gasteiger partial charge in [0.15, 0.2) is 5.82 Å². The first kappa shape index (κ1) is 20.3. The molecule has 3 N–H and O–H groups in total. The Hall–Kier alpha value is -4.37. The van der Waals surface area contributed by atoms with Gasteiger partial charge in [0.2, 0.25) is 5.91 Å². The van der Waals surface area contributed by atoms with E-state index in [2.05, 4.69) is 41.9 Å². The van der Waals surface area contributed by atoms with Crippen LogP contribution < -0.4 is 5.32 Å². The number of aromatic amines is 2. The number of fused-ring (bicyclic) bond motifs is 2. The molecular formula is C25H19N7OS. The lowest BCUT2D eigenvalue weighted by atomic mass is 10.0. The predicted molar refractivity (Wildman–Crippen MR) is 134 cm³/mol. The summed E-state index contributed by atoms with van der Waals surface area (Å²) in [7, 11) is 0. The molecule has 166 valence electrons. The molecule has 0 aliphatic carbocycles. The normalized spacial score (nSPS) is 11.3. The van der Waals surface area contributed by atoms with Crippen LogP contribution in [0.25, 0.3) is 55.8 Å². The summed E-state index contributed by atoms with van der Waals surface area (Å²) in [5.74, 6) is 0.623. The molecule has 0 fully saturated rings. The molecule has 1 amide bonds. The topological polar surface area (TPSA) is 112 Å². The van der Waals surface area contributed by atoms with E-state index < -0.39 is 0 Å². The van der Waals surface area contributed by atoms with Crippen LogP contribution in [0.15, 0.2) is 65.7 Å². The molecule has 0 bridgehead atoms. The van der Waals surface area contributed by atoms with E-state index in [1.165, 1.54) is 0 Å². The van der Waals surface area contributed by atoms with E-state index in [1.54, 1.807) is 29.9 Å². The number of amides is 1. The van der Waals surface area contributed by atoms with Crippen molar-refractivity contribution in [3.8, 4) is 33.9 Å². The number of carbonyl (C=O) groups excluding carboxylic acids is 1. The third kappa shape index (κ3) is 3.52. The Morgan fingerprint density at radius 3 is 2.82 bits per heavy atom. The minimum atomic E-state index is -0.0484. The summed E-state index contributed by atoms with van der Waals surface area (Å²) in [4.78, 5) is 28.9. The molecule has 5 heterocycles. The zero-order valence-corrected chi connectivity index (χ0v) is 19.0. The maximum absolute atomic E-state index is 11.8. The van der Waals surface area contributed by atoms with Crippen LogP contribution in [0.5, 0.6) is 0 Å². The van der Waals surface area contributed by atoms with E-state index in [0.717, 1.165) is 50.0 Å². The highest BCUT2D eigenvalue weighted by molar-refractivity contribution is 7.08. The average molecular weight is 466 g/mol. The highest BCUT2D eigenvalue weighted by atomic mass is 32.1. The van der Waals surface area contributed by atoms with Gasteiger partial charge in [-0.2, -0.15) is 16.4 Å². The maximum atomic E-state index is 11.8. The Bertz CT molecular complexity index is 1650. The van der Waals surface area contributed by atoms with E-state index in [0.29, 0.717) is 17.9 Å². The van der Waals surface area contributed by atoms with Crippen LogP contribution in [-0.4, -0.2) is 36.0 Å². The summed E-state index contributed by atoms with van der Waals surface area (Å²) in [6, 6.07) is 11.9. The Balaban J connectivity index is 1.43. The van der Waals surface area contributed by atoms with Crippen molar-refractivity contribution in [3.63, 3.8) is 0 Å². The average Bonchev–Trinajstić information content (AvgIpc) is 3.62. The molecule has 5 aromatic heterocycles. The fourth-order valence-corrected chi connectivity index (χ4v) is 4.59. The zero-order valence-electron chi connectivity index (χ0n) is 18.2. The van der Waals surface area contributed by atoms with Gasteiger partial charge in [-0.25, -0.2) is 4.98 Å². The second-order valence-corrected chi connectivity index (χ2v) is 8.63. The van der Waals surface area contributed by atoms with Crippen molar-refractivity contribution in [1.82, 2.24) is 30.1 Å². The lowest BCUT2D eigenvalue weighted by molar-refractivity contribution is -0.115. The van der Waals surface area contributed by atoms with Crippen LogP contribution >= 0.6 is 11.3 Å². The number of pyridine rings is 2. The van der Waals surface area contributed by atoms with Crippen molar-refractivity contribution in [2.45, 2.75) is 13.3 Å². The molecule has 34 heavy (non-hydrogen) atoms. The highest BCUT2D eigenvalue weighted by Gasteiger charge is 2.16. The minimum Gasteiger partial charge on any atom is -0.336 e. The number of hydrogen-bond acceptors (Lipinski definition) is 6. The fourth-order valence-electron chi connectivity index (χ4n) is 3.95. The summed E-state index contributed by atoms with van der Waals surface area (Å²) < 4.78 is 0. The Morgan fingerprint density at radius 2 is 1.97 bits per heavy atom. The van der Waals surface area contributed by atoms with Gasteiger partial charge < -0.3 is 10.3 Å². The SMILES string of the molecule is CCC(=O)Nc1cncc(-c2ccc3[nH]nc(-c4nc5c(-c6ccsc6)nccc5[nH]4)c3c2)c1. The van der Waals surface area contributed by atoms with Crippen LogP contribution in [0, 0.1) is 0 Å². The van der Waals surface area contributed by atoms with Gasteiger partial charge in [-0.1, -0.05) is 13.0 Å². The standard InChI is InChI=1S/C25H19N7OS/c1-2-21(33)28-17-9-16(11-26-12-17)14-3-4-19-18(10-14)23(32-31-19)25-29-20-5-7-27-22(24(20)30-25)15-6-8-34-13-15/h3-13H,2H2,1H3,(H,28,33)(H,29,30)(H,31,32). The molecule has 6 rings (SSSR count). The van der Waals surface area contributed by atoms with Gasteiger partial charge in [0, 0.05) is 40.7 Å². The van der Waals surface area contributed by atoms with Gasteiger partial charge in [-0.05, 0) is 41.3 Å². The molecule has 0 radical (unpaired) electrons. The minimum absolute atomic E-state index is 0.0484. The quantitative estimate of drug-likeness (QED) is 0.305. The summed E-state index contributed by atoms with van der Waals surface area (Å²) in [5, 5.41) is 15.5. The number of aromatic nitrogens is 6. The van der Waals surface area contributed by atoms with Gasteiger partial charge in [-0.3, -0.25) is 19.9 Å². The Labute approximate surface area is 198 Å². The molecule has 0 saturated heterocycles. The zero-order chi connectivity index (χ0) is 23.1. The number of benzene rings is 1. The van der Waals surface area contributed by atoms with Crippen molar-refractivity contribution in [2.75, 3.05) is 5.32 Å². The second kappa shape index (κ2) is 8.20. The monoisotopic (exact) mass is 465 g/mol. The van der Waals surface area contributed by atoms with E-state index in [1.807, 2.05) is 42.6 Å².